The van der Waals surface area contributed by atoms with E-state index in [1.165, 1.54) is 70.6 Å². The predicted octanol–water partition coefficient (Wildman–Crippen LogP) is 6.98. The van der Waals surface area contributed by atoms with E-state index >= 15 is 0 Å². The van der Waals surface area contributed by atoms with Crippen LogP contribution in [0.5, 0.6) is 0 Å². The Morgan fingerprint density at radius 3 is 1.94 bits per heavy atom. The van der Waals surface area contributed by atoms with Crippen LogP contribution in [0.2, 0.25) is 0 Å². The Bertz CT molecular complexity index is 173. The van der Waals surface area contributed by atoms with Crippen molar-refractivity contribution in [2.45, 2.75) is 105 Å². The average molecular weight is 255 g/mol. The highest BCUT2D eigenvalue weighted by atomic mass is 14.3. The van der Waals surface area contributed by atoms with E-state index in [9.17, 15) is 0 Å². The Balaban J connectivity index is 4.06. The molecule has 18 heavy (non-hydrogen) atoms. The van der Waals surface area contributed by atoms with Crippen molar-refractivity contribution in [3.8, 4) is 0 Å². The lowest BCUT2D eigenvalue weighted by Gasteiger charge is -2.31. The average Bonchev–Trinajstić information content (AvgIpc) is 2.39. The van der Waals surface area contributed by atoms with E-state index in [-0.39, 0.29) is 0 Å². The lowest BCUT2D eigenvalue weighted by atomic mass is 9.75. The Labute approximate surface area is 117 Å². The summed E-state index contributed by atoms with van der Waals surface area (Å²) in [6.07, 6.45) is 15.6. The monoisotopic (exact) mass is 254 g/mol. The maximum Gasteiger partial charge on any atom is -0.0326 e. The Kier molecular flexibility index (Phi) is 10.9. The van der Waals surface area contributed by atoms with Gasteiger partial charge >= 0.3 is 0 Å². The first-order valence-corrected chi connectivity index (χ1v) is 8.58. The standard InChI is InChI=1S/C18H38/c1-6-9-11-12-15-18(5,14-10-7-2)16-13-17(4)8-3/h17H,6-16H2,1-5H3. The topological polar surface area (TPSA) is 0 Å². The first kappa shape index (κ1) is 18.0. The van der Waals surface area contributed by atoms with Gasteiger partial charge < -0.3 is 0 Å². The van der Waals surface area contributed by atoms with Gasteiger partial charge in [-0.1, -0.05) is 86.0 Å². The van der Waals surface area contributed by atoms with Crippen LogP contribution < -0.4 is 0 Å². The van der Waals surface area contributed by atoms with Gasteiger partial charge in [0.25, 0.3) is 0 Å². The normalized spacial score (nSPS) is 16.5. The van der Waals surface area contributed by atoms with Crippen LogP contribution in [0.25, 0.3) is 0 Å². The second-order valence-electron chi connectivity index (χ2n) is 6.78. The van der Waals surface area contributed by atoms with Crippen LogP contribution in [-0.4, -0.2) is 0 Å². The van der Waals surface area contributed by atoms with Crippen LogP contribution >= 0.6 is 0 Å². The van der Waals surface area contributed by atoms with E-state index in [0.717, 1.165) is 5.92 Å². The van der Waals surface area contributed by atoms with Crippen molar-refractivity contribution in [2.24, 2.45) is 11.3 Å². The lowest BCUT2D eigenvalue weighted by molar-refractivity contribution is 0.213. The van der Waals surface area contributed by atoms with Crippen molar-refractivity contribution in [3.05, 3.63) is 0 Å². The van der Waals surface area contributed by atoms with Gasteiger partial charge in [0.15, 0.2) is 0 Å². The fourth-order valence-electron chi connectivity index (χ4n) is 2.76. The fourth-order valence-corrected chi connectivity index (χ4v) is 2.76. The molecule has 0 aliphatic heterocycles. The molecule has 0 aliphatic carbocycles. The van der Waals surface area contributed by atoms with Gasteiger partial charge in [-0.05, 0) is 30.6 Å². The van der Waals surface area contributed by atoms with Gasteiger partial charge in [-0.2, -0.15) is 0 Å². The molecule has 0 heterocycles. The smallest absolute Gasteiger partial charge is 0.0326 e. The maximum absolute atomic E-state index is 2.55. The molecule has 0 heteroatoms. The Morgan fingerprint density at radius 2 is 1.39 bits per heavy atom. The van der Waals surface area contributed by atoms with Crippen molar-refractivity contribution in [1.29, 1.82) is 0 Å². The molecule has 0 N–H and O–H groups in total. The molecule has 0 saturated carbocycles. The van der Waals surface area contributed by atoms with Crippen molar-refractivity contribution in [3.63, 3.8) is 0 Å². The molecule has 0 aromatic rings. The fraction of sp³-hybridized carbons (Fsp3) is 1.00. The quantitative estimate of drug-likeness (QED) is 0.329. The van der Waals surface area contributed by atoms with Gasteiger partial charge in [-0.3, -0.25) is 0 Å². The minimum atomic E-state index is 0.632. The maximum atomic E-state index is 2.55. The van der Waals surface area contributed by atoms with E-state index in [0.29, 0.717) is 5.41 Å². The summed E-state index contributed by atoms with van der Waals surface area (Å²) in [5.74, 6) is 0.918. The van der Waals surface area contributed by atoms with Crippen molar-refractivity contribution in [1.82, 2.24) is 0 Å². The third-order valence-electron chi connectivity index (χ3n) is 4.71. The lowest BCUT2D eigenvalue weighted by Crippen LogP contribution is -2.17. The molecule has 0 amide bonds. The summed E-state index contributed by atoms with van der Waals surface area (Å²) in [4.78, 5) is 0. The number of unbranched alkanes of at least 4 members (excludes halogenated alkanes) is 4. The van der Waals surface area contributed by atoms with Crippen molar-refractivity contribution < 1.29 is 0 Å². The van der Waals surface area contributed by atoms with Gasteiger partial charge in [0, 0.05) is 0 Å². The van der Waals surface area contributed by atoms with Crippen LogP contribution in [0.15, 0.2) is 0 Å². The zero-order chi connectivity index (χ0) is 13.9. The summed E-state index contributed by atoms with van der Waals surface area (Å²) in [6.45, 7) is 11.9. The molecule has 0 spiro atoms. The molecule has 0 rings (SSSR count). The zero-order valence-corrected chi connectivity index (χ0v) is 13.9. The molecule has 0 aromatic carbocycles. The summed E-state index contributed by atoms with van der Waals surface area (Å²) in [5, 5.41) is 0. The van der Waals surface area contributed by atoms with E-state index < -0.39 is 0 Å². The summed E-state index contributed by atoms with van der Waals surface area (Å²) >= 11 is 0. The molecule has 2 unspecified atom stereocenters. The summed E-state index contributed by atoms with van der Waals surface area (Å²) in [6, 6.07) is 0. The minimum Gasteiger partial charge on any atom is -0.0654 e. The molecule has 0 saturated heterocycles. The molecule has 110 valence electrons. The van der Waals surface area contributed by atoms with Crippen LogP contribution in [0.1, 0.15) is 105 Å². The van der Waals surface area contributed by atoms with E-state index in [2.05, 4.69) is 34.6 Å². The van der Waals surface area contributed by atoms with Gasteiger partial charge in [-0.25, -0.2) is 0 Å². The third-order valence-corrected chi connectivity index (χ3v) is 4.71. The van der Waals surface area contributed by atoms with E-state index in [1.807, 2.05) is 0 Å². The molecule has 0 bridgehead atoms. The number of hydrogen-bond donors (Lipinski definition) is 0. The molecular formula is C18H38. The van der Waals surface area contributed by atoms with E-state index in [4.69, 9.17) is 0 Å². The van der Waals surface area contributed by atoms with Crippen molar-refractivity contribution in [2.75, 3.05) is 0 Å². The van der Waals surface area contributed by atoms with E-state index in [1.54, 1.807) is 0 Å². The predicted molar refractivity (Wildman–Crippen MR) is 85.1 cm³/mol. The largest absolute Gasteiger partial charge is 0.0654 e. The molecule has 0 aromatic heterocycles. The molecule has 2 atom stereocenters. The highest BCUT2D eigenvalue weighted by Crippen LogP contribution is 2.37. The summed E-state index contributed by atoms with van der Waals surface area (Å²) in [7, 11) is 0. The first-order chi connectivity index (χ1) is 8.58. The Hall–Kier alpha value is 0. The van der Waals surface area contributed by atoms with Crippen LogP contribution in [0.3, 0.4) is 0 Å². The number of rotatable bonds is 12. The molecular weight excluding hydrogens is 216 g/mol. The molecule has 0 aliphatic rings. The van der Waals surface area contributed by atoms with Gasteiger partial charge in [0.1, 0.15) is 0 Å². The second-order valence-corrected chi connectivity index (χ2v) is 6.78. The first-order valence-electron chi connectivity index (χ1n) is 8.58. The second kappa shape index (κ2) is 10.9. The van der Waals surface area contributed by atoms with Gasteiger partial charge in [-0.15, -0.1) is 0 Å². The Morgan fingerprint density at radius 1 is 0.778 bits per heavy atom. The number of hydrogen-bond acceptors (Lipinski definition) is 0. The zero-order valence-electron chi connectivity index (χ0n) is 13.9. The van der Waals surface area contributed by atoms with Gasteiger partial charge in [0.2, 0.25) is 0 Å². The molecule has 0 radical (unpaired) electrons. The SMILES string of the molecule is CCCCCCC(C)(CCCC)CCC(C)CC. The van der Waals surface area contributed by atoms with Crippen molar-refractivity contribution >= 4 is 0 Å². The van der Waals surface area contributed by atoms with Gasteiger partial charge in [0.05, 0.1) is 0 Å². The third kappa shape index (κ3) is 9.00. The summed E-state index contributed by atoms with van der Waals surface area (Å²) < 4.78 is 0. The van der Waals surface area contributed by atoms with Crippen LogP contribution in [0, 0.1) is 11.3 Å². The molecule has 0 fully saturated rings. The van der Waals surface area contributed by atoms with Crippen LogP contribution in [-0.2, 0) is 0 Å². The molecule has 0 nitrogen and oxygen atoms in total. The summed E-state index contributed by atoms with van der Waals surface area (Å²) in [5.41, 5.74) is 0.632. The highest BCUT2D eigenvalue weighted by Gasteiger charge is 2.23. The highest BCUT2D eigenvalue weighted by molar-refractivity contribution is 4.75. The minimum absolute atomic E-state index is 0.632. The van der Waals surface area contributed by atoms with Crippen LogP contribution in [0.4, 0.5) is 0 Å².